The van der Waals surface area contributed by atoms with Gasteiger partial charge in [0.2, 0.25) is 0 Å². The summed E-state index contributed by atoms with van der Waals surface area (Å²) in [5, 5.41) is 4.18. The van der Waals surface area contributed by atoms with E-state index in [0.717, 1.165) is 27.3 Å². The first-order chi connectivity index (χ1) is 11.2. The first-order valence-corrected chi connectivity index (χ1v) is 9.47. The second kappa shape index (κ2) is 5.15. The van der Waals surface area contributed by atoms with Crippen LogP contribution in [0.15, 0.2) is 28.7 Å². The molecule has 1 N–H and O–H groups in total. The molecule has 24 heavy (non-hydrogen) atoms. The number of hydrogen-bond acceptors (Lipinski definition) is 2. The molecule has 0 fully saturated rings. The lowest BCUT2D eigenvalue weighted by Gasteiger charge is -2.42. The van der Waals surface area contributed by atoms with Crippen LogP contribution in [0.1, 0.15) is 51.7 Å². The van der Waals surface area contributed by atoms with Crippen LogP contribution in [0.5, 0.6) is 11.5 Å². The smallest absolute Gasteiger partial charge is 0.165 e. The Labute approximate surface area is 156 Å². The Balaban J connectivity index is 1.89. The topological polar surface area (TPSA) is 21.3 Å². The second-order valence-corrected chi connectivity index (χ2v) is 9.44. The van der Waals surface area contributed by atoms with E-state index < -0.39 is 0 Å². The fraction of sp³-hybridized carbons (Fsp3) is 0.400. The summed E-state index contributed by atoms with van der Waals surface area (Å²) < 4.78 is 7.08. The molecule has 0 spiro atoms. The Morgan fingerprint density at radius 2 is 1.58 bits per heavy atom. The van der Waals surface area contributed by atoms with Crippen LogP contribution in [-0.4, -0.2) is 0 Å². The zero-order valence-electron chi connectivity index (χ0n) is 14.4. The summed E-state index contributed by atoms with van der Waals surface area (Å²) in [6, 6.07) is 8.25. The van der Waals surface area contributed by atoms with Gasteiger partial charge >= 0.3 is 0 Å². The molecule has 0 unspecified atom stereocenters. The lowest BCUT2D eigenvalue weighted by molar-refractivity contribution is 0.330. The molecule has 0 radical (unpaired) electrons. The third kappa shape index (κ3) is 2.44. The van der Waals surface area contributed by atoms with Crippen molar-refractivity contribution in [2.45, 2.75) is 51.4 Å². The molecule has 0 bridgehead atoms. The van der Waals surface area contributed by atoms with Gasteiger partial charge in [-0.3, -0.25) is 0 Å². The van der Waals surface area contributed by atoms with Crippen molar-refractivity contribution in [2.75, 3.05) is 5.32 Å². The maximum Gasteiger partial charge on any atom is 0.165 e. The van der Waals surface area contributed by atoms with Crippen LogP contribution >= 0.6 is 27.5 Å². The molecule has 0 saturated carbocycles. The normalized spacial score (nSPS) is 19.4. The van der Waals surface area contributed by atoms with E-state index in [1.807, 2.05) is 12.1 Å². The molecule has 4 heteroatoms. The van der Waals surface area contributed by atoms with Crippen LogP contribution in [0.2, 0.25) is 5.02 Å². The largest absolute Gasteiger partial charge is 0.452 e. The quantitative estimate of drug-likeness (QED) is 0.423. The van der Waals surface area contributed by atoms with E-state index in [0.29, 0.717) is 5.02 Å². The van der Waals surface area contributed by atoms with Crippen molar-refractivity contribution in [1.29, 1.82) is 0 Å². The highest BCUT2D eigenvalue weighted by atomic mass is 79.9. The molecule has 2 nitrogen and oxygen atoms in total. The molecule has 0 atom stereocenters. The minimum atomic E-state index is 0.167. The van der Waals surface area contributed by atoms with E-state index in [1.165, 1.54) is 24.0 Å². The van der Waals surface area contributed by atoms with Crippen LogP contribution < -0.4 is 10.1 Å². The number of fused-ring (bicyclic) bond motifs is 3. The second-order valence-electron chi connectivity index (χ2n) is 8.15. The number of hydrogen-bond donors (Lipinski definition) is 1. The fourth-order valence-electron chi connectivity index (χ4n) is 3.79. The van der Waals surface area contributed by atoms with E-state index in [1.54, 1.807) is 0 Å². The van der Waals surface area contributed by atoms with Crippen LogP contribution in [-0.2, 0) is 10.8 Å². The van der Waals surface area contributed by atoms with Gasteiger partial charge in [0, 0.05) is 5.02 Å². The van der Waals surface area contributed by atoms with Gasteiger partial charge in [-0.2, -0.15) is 0 Å². The van der Waals surface area contributed by atoms with Crippen molar-refractivity contribution in [1.82, 2.24) is 0 Å². The van der Waals surface area contributed by atoms with Gasteiger partial charge in [0.25, 0.3) is 0 Å². The molecule has 1 aliphatic carbocycles. The average molecular weight is 407 g/mol. The summed E-state index contributed by atoms with van der Waals surface area (Å²) in [6.45, 7) is 9.32. The molecule has 1 aliphatic heterocycles. The molecule has 4 rings (SSSR count). The Bertz CT molecular complexity index is 857. The minimum Gasteiger partial charge on any atom is -0.452 e. The summed E-state index contributed by atoms with van der Waals surface area (Å²) in [4.78, 5) is 0. The van der Waals surface area contributed by atoms with Crippen LogP contribution in [0, 0.1) is 0 Å². The number of rotatable bonds is 0. The van der Waals surface area contributed by atoms with Gasteiger partial charge in [-0.15, -0.1) is 0 Å². The fourth-order valence-corrected chi connectivity index (χ4v) is 4.68. The number of ether oxygens (including phenoxy) is 1. The SMILES string of the molecule is CC1(C)CCC(C)(C)c2cc3c(cc21)Nc1cc(Cl)cc(Br)c1O3. The van der Waals surface area contributed by atoms with Gasteiger partial charge in [0.05, 0.1) is 15.8 Å². The molecule has 2 aromatic rings. The number of nitrogens with one attached hydrogen (secondary N) is 1. The van der Waals surface area contributed by atoms with Gasteiger partial charge in [-0.1, -0.05) is 39.3 Å². The molecule has 2 aliphatic rings. The van der Waals surface area contributed by atoms with Crippen LogP contribution in [0.25, 0.3) is 0 Å². The lowest BCUT2D eigenvalue weighted by Crippen LogP contribution is -2.34. The lowest BCUT2D eigenvalue weighted by atomic mass is 9.63. The molecule has 126 valence electrons. The number of benzene rings is 2. The van der Waals surface area contributed by atoms with Crippen molar-refractivity contribution < 1.29 is 4.74 Å². The standard InChI is InChI=1S/C20H21BrClNO/c1-19(2)5-6-20(3,4)13-10-17-15(9-12(13)19)23-16-8-11(22)7-14(21)18(16)24-17/h7-10,23H,5-6H2,1-4H3. The van der Waals surface area contributed by atoms with E-state index >= 15 is 0 Å². The van der Waals surface area contributed by atoms with E-state index in [-0.39, 0.29) is 10.8 Å². The van der Waals surface area contributed by atoms with Crippen molar-refractivity contribution in [3.05, 3.63) is 44.9 Å². The van der Waals surface area contributed by atoms with E-state index in [2.05, 4.69) is 61.1 Å². The molecule has 0 amide bonds. The van der Waals surface area contributed by atoms with Crippen molar-refractivity contribution in [3.63, 3.8) is 0 Å². The Morgan fingerprint density at radius 1 is 0.958 bits per heavy atom. The van der Waals surface area contributed by atoms with Crippen molar-refractivity contribution >= 4 is 38.9 Å². The minimum absolute atomic E-state index is 0.167. The maximum absolute atomic E-state index is 6.22. The summed E-state index contributed by atoms with van der Waals surface area (Å²) in [6.07, 6.45) is 2.38. The molecule has 1 heterocycles. The summed E-state index contributed by atoms with van der Waals surface area (Å²) in [5.74, 6) is 1.68. The molecule has 0 saturated heterocycles. The predicted octanol–water partition coefficient (Wildman–Crippen LogP) is 7.30. The first kappa shape index (κ1) is 16.3. The number of anilines is 2. The monoisotopic (exact) mass is 405 g/mol. The highest BCUT2D eigenvalue weighted by molar-refractivity contribution is 9.10. The van der Waals surface area contributed by atoms with Gasteiger partial charge in [-0.05, 0) is 75.0 Å². The Kier molecular flexibility index (Phi) is 3.50. The Morgan fingerprint density at radius 3 is 2.25 bits per heavy atom. The predicted molar refractivity (Wildman–Crippen MR) is 104 cm³/mol. The van der Waals surface area contributed by atoms with Crippen LogP contribution in [0.4, 0.5) is 11.4 Å². The van der Waals surface area contributed by atoms with Gasteiger partial charge in [-0.25, -0.2) is 0 Å². The van der Waals surface area contributed by atoms with Crippen LogP contribution in [0.3, 0.4) is 0 Å². The maximum atomic E-state index is 6.22. The third-order valence-electron chi connectivity index (χ3n) is 5.44. The van der Waals surface area contributed by atoms with Gasteiger partial charge in [0.1, 0.15) is 0 Å². The average Bonchev–Trinajstić information content (AvgIpc) is 2.49. The molecular formula is C20H21BrClNO. The molecule has 0 aromatic heterocycles. The zero-order chi connectivity index (χ0) is 17.3. The van der Waals surface area contributed by atoms with Gasteiger partial charge in [0.15, 0.2) is 11.5 Å². The van der Waals surface area contributed by atoms with E-state index in [4.69, 9.17) is 16.3 Å². The molecular weight excluding hydrogens is 386 g/mol. The third-order valence-corrected chi connectivity index (χ3v) is 6.25. The summed E-state index contributed by atoms with van der Waals surface area (Å²) >= 11 is 9.73. The number of halogens is 2. The summed E-state index contributed by atoms with van der Waals surface area (Å²) in [7, 11) is 0. The zero-order valence-corrected chi connectivity index (χ0v) is 16.7. The van der Waals surface area contributed by atoms with Gasteiger partial charge < -0.3 is 10.1 Å². The highest BCUT2D eigenvalue weighted by Gasteiger charge is 2.38. The Hall–Kier alpha value is -1.19. The van der Waals surface area contributed by atoms with E-state index in [9.17, 15) is 0 Å². The highest BCUT2D eigenvalue weighted by Crippen LogP contribution is 2.53. The summed E-state index contributed by atoms with van der Waals surface area (Å²) in [5.41, 5.74) is 5.07. The van der Waals surface area contributed by atoms with Crippen molar-refractivity contribution in [3.8, 4) is 11.5 Å². The molecule has 2 aromatic carbocycles. The van der Waals surface area contributed by atoms with Crippen molar-refractivity contribution in [2.24, 2.45) is 0 Å². The first-order valence-electron chi connectivity index (χ1n) is 8.30.